The Balaban J connectivity index is 1.30. The van der Waals surface area contributed by atoms with Gasteiger partial charge in [-0.3, -0.25) is 14.5 Å². The highest BCUT2D eigenvalue weighted by Crippen LogP contribution is 2.33. The SMILES string of the molecule is CC1=CC(C)=NC(=O)C1CNC(=O)c1cc(-c2ccc(CN3CCOCC3)cc2)nc2c1cnn2C1CCCC1. The first kappa shape index (κ1) is 26.5. The number of ether oxygens (including phenoxy) is 1. The summed E-state index contributed by atoms with van der Waals surface area (Å²) in [7, 11) is 0. The summed E-state index contributed by atoms with van der Waals surface area (Å²) >= 11 is 0. The number of aromatic nitrogens is 3. The molecule has 3 aliphatic rings. The Morgan fingerprint density at radius 2 is 1.85 bits per heavy atom. The highest BCUT2D eigenvalue weighted by Gasteiger charge is 2.27. The van der Waals surface area contributed by atoms with Crippen LogP contribution in [0.1, 0.15) is 61.5 Å². The van der Waals surface area contributed by atoms with Crippen molar-refractivity contribution >= 4 is 28.6 Å². The second-order valence-electron chi connectivity index (χ2n) is 11.1. The molecule has 9 heteroatoms. The van der Waals surface area contributed by atoms with Gasteiger partial charge in [-0.25, -0.2) is 14.7 Å². The Labute approximate surface area is 234 Å². The third-order valence-corrected chi connectivity index (χ3v) is 8.28. The van der Waals surface area contributed by atoms with Crippen molar-refractivity contribution in [3.63, 3.8) is 0 Å². The quantitative estimate of drug-likeness (QED) is 0.479. The molecule has 1 saturated heterocycles. The van der Waals surface area contributed by atoms with Crippen molar-refractivity contribution in [2.75, 3.05) is 32.8 Å². The van der Waals surface area contributed by atoms with Crippen molar-refractivity contribution in [1.29, 1.82) is 0 Å². The Kier molecular flexibility index (Phi) is 7.58. The van der Waals surface area contributed by atoms with E-state index in [4.69, 9.17) is 14.8 Å². The van der Waals surface area contributed by atoms with Crippen LogP contribution in [0.2, 0.25) is 0 Å². The number of pyridine rings is 1. The molecule has 4 heterocycles. The van der Waals surface area contributed by atoms with Gasteiger partial charge in [0.25, 0.3) is 11.8 Å². The number of aliphatic imine (C=N–C) groups is 1. The number of nitrogens with one attached hydrogen (secondary N) is 1. The second kappa shape index (κ2) is 11.4. The fraction of sp³-hybridized carbons (Fsp3) is 0.452. The van der Waals surface area contributed by atoms with Crippen LogP contribution in [0.4, 0.5) is 0 Å². The van der Waals surface area contributed by atoms with Gasteiger partial charge in [-0.1, -0.05) is 42.7 Å². The standard InChI is InChI=1S/C31H36N6O3/c1-20-15-21(2)34-31(39)26(20)17-32-30(38)25-16-28(35-29-27(25)18-33-37(29)24-5-3-4-6-24)23-9-7-22(8-10-23)19-36-11-13-40-14-12-36/h7-10,15-16,18,24,26H,3-6,11-14,17,19H2,1-2H3,(H,32,38). The van der Waals surface area contributed by atoms with Crippen LogP contribution in [0.3, 0.4) is 0 Å². The van der Waals surface area contributed by atoms with Gasteiger partial charge in [0.15, 0.2) is 5.65 Å². The largest absolute Gasteiger partial charge is 0.379 e. The monoisotopic (exact) mass is 540 g/mol. The molecule has 2 aliphatic heterocycles. The van der Waals surface area contributed by atoms with Gasteiger partial charge < -0.3 is 10.1 Å². The zero-order valence-corrected chi connectivity index (χ0v) is 23.2. The molecule has 2 aromatic heterocycles. The lowest BCUT2D eigenvalue weighted by Crippen LogP contribution is -2.35. The van der Waals surface area contributed by atoms with Gasteiger partial charge in [-0.15, -0.1) is 0 Å². The number of amides is 2. The lowest BCUT2D eigenvalue weighted by atomic mass is 9.95. The lowest BCUT2D eigenvalue weighted by Gasteiger charge is -2.26. The summed E-state index contributed by atoms with van der Waals surface area (Å²) < 4.78 is 7.48. The number of dihydropyridines is 1. The number of nitrogens with zero attached hydrogens (tertiary/aromatic N) is 5. The summed E-state index contributed by atoms with van der Waals surface area (Å²) in [6.07, 6.45) is 8.14. The number of fused-ring (bicyclic) bond motifs is 1. The van der Waals surface area contributed by atoms with Crippen LogP contribution < -0.4 is 5.32 Å². The molecule has 0 spiro atoms. The topological polar surface area (TPSA) is 102 Å². The van der Waals surface area contributed by atoms with Crippen molar-refractivity contribution in [2.45, 2.75) is 52.1 Å². The number of benzene rings is 1. The van der Waals surface area contributed by atoms with E-state index in [1.165, 1.54) is 18.4 Å². The molecule has 208 valence electrons. The van der Waals surface area contributed by atoms with Crippen LogP contribution in [0.15, 0.2) is 53.2 Å². The van der Waals surface area contributed by atoms with Gasteiger partial charge in [0.2, 0.25) is 0 Å². The first-order chi connectivity index (χ1) is 19.5. The Bertz CT molecular complexity index is 1480. The average Bonchev–Trinajstić information content (AvgIpc) is 3.63. The third-order valence-electron chi connectivity index (χ3n) is 8.28. The molecule has 9 nitrogen and oxygen atoms in total. The molecular weight excluding hydrogens is 504 g/mol. The highest BCUT2D eigenvalue weighted by atomic mass is 16.5. The smallest absolute Gasteiger partial charge is 0.254 e. The minimum Gasteiger partial charge on any atom is -0.379 e. The van der Waals surface area contributed by atoms with Crippen molar-refractivity contribution in [2.24, 2.45) is 10.9 Å². The maximum Gasteiger partial charge on any atom is 0.254 e. The zero-order valence-electron chi connectivity index (χ0n) is 23.2. The van der Waals surface area contributed by atoms with Crippen molar-refractivity contribution in [3.8, 4) is 11.3 Å². The summed E-state index contributed by atoms with van der Waals surface area (Å²) in [5, 5.41) is 8.42. The van der Waals surface area contributed by atoms with Crippen LogP contribution in [-0.2, 0) is 16.1 Å². The van der Waals surface area contributed by atoms with E-state index in [1.54, 1.807) is 6.20 Å². The summed E-state index contributed by atoms with van der Waals surface area (Å²) in [6, 6.07) is 10.6. The van der Waals surface area contributed by atoms with Crippen molar-refractivity contribution in [3.05, 3.63) is 59.3 Å². The van der Waals surface area contributed by atoms with E-state index in [1.807, 2.05) is 30.7 Å². The van der Waals surface area contributed by atoms with Crippen LogP contribution in [-0.4, -0.2) is 70.0 Å². The van der Waals surface area contributed by atoms with Gasteiger partial charge in [0.05, 0.1) is 48.0 Å². The second-order valence-corrected chi connectivity index (χ2v) is 11.1. The first-order valence-electron chi connectivity index (χ1n) is 14.3. The minimum atomic E-state index is -0.454. The molecule has 3 aromatic rings. The molecule has 40 heavy (non-hydrogen) atoms. The number of hydrogen-bond donors (Lipinski definition) is 1. The minimum absolute atomic E-state index is 0.197. The van der Waals surface area contributed by atoms with Crippen LogP contribution in [0.5, 0.6) is 0 Å². The molecule has 0 bridgehead atoms. The van der Waals surface area contributed by atoms with Gasteiger partial charge in [-0.2, -0.15) is 5.10 Å². The zero-order chi connectivity index (χ0) is 27.6. The highest BCUT2D eigenvalue weighted by molar-refractivity contribution is 6.08. The molecule has 1 aromatic carbocycles. The van der Waals surface area contributed by atoms with E-state index in [9.17, 15) is 9.59 Å². The first-order valence-corrected chi connectivity index (χ1v) is 14.3. The van der Waals surface area contributed by atoms with Gasteiger partial charge in [-0.05, 0) is 44.4 Å². The molecule has 2 fully saturated rings. The number of allylic oxidation sites excluding steroid dienone is 1. The molecule has 1 unspecified atom stereocenters. The van der Waals surface area contributed by atoms with E-state index in [2.05, 4.69) is 39.5 Å². The van der Waals surface area contributed by atoms with E-state index >= 15 is 0 Å². The maximum absolute atomic E-state index is 13.6. The normalized spacial score (nSPS) is 20.6. The van der Waals surface area contributed by atoms with Crippen molar-refractivity contribution in [1.82, 2.24) is 25.0 Å². The van der Waals surface area contributed by atoms with Gasteiger partial charge in [0, 0.05) is 37.5 Å². The van der Waals surface area contributed by atoms with Crippen LogP contribution in [0.25, 0.3) is 22.3 Å². The predicted molar refractivity (Wildman–Crippen MR) is 154 cm³/mol. The maximum atomic E-state index is 13.6. The van der Waals surface area contributed by atoms with Gasteiger partial charge in [0.1, 0.15) is 0 Å². The lowest BCUT2D eigenvalue weighted by molar-refractivity contribution is -0.120. The number of hydrogen-bond acceptors (Lipinski definition) is 6. The van der Waals surface area contributed by atoms with E-state index in [-0.39, 0.29) is 18.4 Å². The summed E-state index contributed by atoms with van der Waals surface area (Å²) in [4.78, 5) is 37.6. The van der Waals surface area contributed by atoms with E-state index in [0.717, 1.165) is 73.6 Å². The van der Waals surface area contributed by atoms with E-state index < -0.39 is 5.92 Å². The predicted octanol–water partition coefficient (Wildman–Crippen LogP) is 4.34. The summed E-state index contributed by atoms with van der Waals surface area (Å²) in [5.41, 5.74) is 5.78. The van der Waals surface area contributed by atoms with Crippen molar-refractivity contribution < 1.29 is 14.3 Å². The fourth-order valence-corrected chi connectivity index (χ4v) is 6.02. The Hall–Kier alpha value is -3.69. The summed E-state index contributed by atoms with van der Waals surface area (Å²) in [6.45, 7) is 8.23. The van der Waals surface area contributed by atoms with Crippen LogP contribution >= 0.6 is 0 Å². The molecule has 1 aliphatic carbocycles. The average molecular weight is 541 g/mol. The molecule has 2 amide bonds. The Morgan fingerprint density at radius 1 is 1.10 bits per heavy atom. The molecule has 1 N–H and O–H groups in total. The van der Waals surface area contributed by atoms with Crippen LogP contribution in [0, 0.1) is 5.92 Å². The van der Waals surface area contributed by atoms with E-state index in [0.29, 0.717) is 17.3 Å². The fourth-order valence-electron chi connectivity index (χ4n) is 6.02. The molecular formula is C31H36N6O3. The number of carbonyl (C=O) groups excluding carboxylic acids is 2. The van der Waals surface area contributed by atoms with Gasteiger partial charge >= 0.3 is 0 Å². The number of morpholine rings is 1. The summed E-state index contributed by atoms with van der Waals surface area (Å²) in [5.74, 6) is -0.912. The number of rotatable bonds is 7. The Morgan fingerprint density at radius 3 is 2.58 bits per heavy atom. The third kappa shape index (κ3) is 5.48. The molecule has 1 atom stereocenters. The molecule has 6 rings (SSSR count). The number of carbonyl (C=O) groups is 2. The molecule has 0 radical (unpaired) electrons. The molecule has 1 saturated carbocycles.